The first-order chi connectivity index (χ1) is 11.2. The summed E-state index contributed by atoms with van der Waals surface area (Å²) in [6.07, 6.45) is 4.56. The van der Waals surface area contributed by atoms with Crippen LogP contribution in [0.1, 0.15) is 38.2 Å². The molecule has 4 heteroatoms. The fourth-order valence-corrected chi connectivity index (χ4v) is 3.64. The van der Waals surface area contributed by atoms with Crippen molar-refractivity contribution in [1.82, 2.24) is 19.6 Å². The van der Waals surface area contributed by atoms with Crippen LogP contribution in [0.5, 0.6) is 0 Å². The van der Waals surface area contributed by atoms with E-state index < -0.39 is 0 Å². The van der Waals surface area contributed by atoms with Gasteiger partial charge in [-0.15, -0.1) is 0 Å². The molecule has 0 atom stereocenters. The molecule has 1 fully saturated rings. The van der Waals surface area contributed by atoms with Crippen LogP contribution in [0.3, 0.4) is 0 Å². The summed E-state index contributed by atoms with van der Waals surface area (Å²) < 4.78 is 2.19. The van der Waals surface area contributed by atoms with Gasteiger partial charge >= 0.3 is 0 Å². The summed E-state index contributed by atoms with van der Waals surface area (Å²) in [5, 5.41) is 5.88. The summed E-state index contributed by atoms with van der Waals surface area (Å²) in [4.78, 5) is 4.89. The Kier molecular flexibility index (Phi) is 5.34. The molecule has 4 nitrogen and oxygen atoms in total. The van der Waals surface area contributed by atoms with Crippen LogP contribution in [-0.4, -0.2) is 59.4 Å². The van der Waals surface area contributed by atoms with Crippen molar-refractivity contribution in [3.63, 3.8) is 0 Å². The number of fused-ring (bicyclic) bond motifs is 1. The molecule has 2 heterocycles. The van der Waals surface area contributed by atoms with Crippen LogP contribution >= 0.6 is 0 Å². The minimum atomic E-state index is 0.710. The van der Waals surface area contributed by atoms with E-state index in [1.165, 1.54) is 42.4 Å². The van der Waals surface area contributed by atoms with Gasteiger partial charge in [0, 0.05) is 11.9 Å². The van der Waals surface area contributed by atoms with Gasteiger partial charge in [-0.1, -0.05) is 26.0 Å². The Morgan fingerprint density at radius 3 is 2.61 bits per heavy atom. The number of likely N-dealkylation sites (N-methyl/N-ethyl adjacent to an activating group) is 1. The van der Waals surface area contributed by atoms with Gasteiger partial charge in [-0.2, -0.15) is 5.10 Å². The monoisotopic (exact) mass is 314 g/mol. The molecule has 0 amide bonds. The molecule has 0 radical (unpaired) electrons. The van der Waals surface area contributed by atoms with Crippen molar-refractivity contribution in [3.8, 4) is 0 Å². The Morgan fingerprint density at radius 2 is 1.91 bits per heavy atom. The standard InChI is InChI=1S/C19H30N4/c1-4-22(5-2)12-13-23-19-14-17(6-7-18(19)15-20-23)16-8-10-21(3)11-9-16/h6-7,14-16H,4-5,8-13H2,1-3H3. The number of aromatic nitrogens is 2. The third-order valence-corrected chi connectivity index (χ3v) is 5.38. The van der Waals surface area contributed by atoms with Gasteiger partial charge in [0.1, 0.15) is 0 Å². The minimum Gasteiger partial charge on any atom is -0.306 e. The number of piperidine rings is 1. The summed E-state index contributed by atoms with van der Waals surface area (Å²) in [6.45, 7) is 11.1. The van der Waals surface area contributed by atoms with E-state index in [9.17, 15) is 0 Å². The smallest absolute Gasteiger partial charge is 0.0685 e. The summed E-state index contributed by atoms with van der Waals surface area (Å²) in [5.41, 5.74) is 2.80. The van der Waals surface area contributed by atoms with Crippen LogP contribution in [0.15, 0.2) is 24.4 Å². The van der Waals surface area contributed by atoms with Crippen molar-refractivity contribution in [2.45, 2.75) is 39.2 Å². The molecular weight excluding hydrogens is 284 g/mol. The minimum absolute atomic E-state index is 0.710. The zero-order chi connectivity index (χ0) is 16.2. The summed E-state index contributed by atoms with van der Waals surface area (Å²) >= 11 is 0. The lowest BCUT2D eigenvalue weighted by Gasteiger charge is -2.29. The summed E-state index contributed by atoms with van der Waals surface area (Å²) in [6, 6.07) is 6.96. The van der Waals surface area contributed by atoms with E-state index in [0.717, 1.165) is 26.2 Å². The van der Waals surface area contributed by atoms with Crippen LogP contribution in [0.25, 0.3) is 10.9 Å². The molecule has 0 aliphatic carbocycles. The Morgan fingerprint density at radius 1 is 1.17 bits per heavy atom. The second kappa shape index (κ2) is 7.45. The van der Waals surface area contributed by atoms with Gasteiger partial charge in [0.05, 0.1) is 18.3 Å². The predicted octanol–water partition coefficient (Wildman–Crippen LogP) is 3.19. The molecule has 1 aliphatic heterocycles. The lowest BCUT2D eigenvalue weighted by Crippen LogP contribution is -2.29. The van der Waals surface area contributed by atoms with Gasteiger partial charge in [0.2, 0.25) is 0 Å². The molecule has 0 N–H and O–H groups in total. The van der Waals surface area contributed by atoms with E-state index in [-0.39, 0.29) is 0 Å². The number of hydrogen-bond acceptors (Lipinski definition) is 3. The van der Waals surface area contributed by atoms with Crippen molar-refractivity contribution in [2.75, 3.05) is 39.8 Å². The molecule has 23 heavy (non-hydrogen) atoms. The highest BCUT2D eigenvalue weighted by Crippen LogP contribution is 2.29. The lowest BCUT2D eigenvalue weighted by molar-refractivity contribution is 0.255. The Hall–Kier alpha value is -1.39. The molecule has 1 saturated heterocycles. The van der Waals surface area contributed by atoms with Crippen molar-refractivity contribution >= 4 is 10.9 Å². The zero-order valence-corrected chi connectivity index (χ0v) is 14.8. The molecule has 1 aromatic carbocycles. The SMILES string of the molecule is CCN(CC)CCn1ncc2ccc(C3CCN(C)CC3)cc21. The largest absolute Gasteiger partial charge is 0.306 e. The average Bonchev–Trinajstić information content (AvgIpc) is 2.99. The molecule has 2 aromatic rings. The van der Waals surface area contributed by atoms with Gasteiger partial charge in [-0.25, -0.2) is 0 Å². The Balaban J connectivity index is 1.77. The Labute approximate surface area is 140 Å². The first-order valence-electron chi connectivity index (χ1n) is 9.07. The van der Waals surface area contributed by atoms with Crippen LogP contribution in [0, 0.1) is 0 Å². The van der Waals surface area contributed by atoms with Gasteiger partial charge < -0.3 is 9.80 Å². The number of benzene rings is 1. The molecule has 3 rings (SSSR count). The maximum Gasteiger partial charge on any atom is 0.0685 e. The average molecular weight is 314 g/mol. The number of nitrogens with zero attached hydrogens (tertiary/aromatic N) is 4. The van der Waals surface area contributed by atoms with E-state index in [2.05, 4.69) is 58.7 Å². The van der Waals surface area contributed by atoms with E-state index in [0.29, 0.717) is 5.92 Å². The fraction of sp³-hybridized carbons (Fsp3) is 0.632. The molecule has 1 aromatic heterocycles. The first kappa shape index (κ1) is 16.5. The Bertz CT molecular complexity index is 621. The third kappa shape index (κ3) is 3.75. The molecule has 0 saturated carbocycles. The van der Waals surface area contributed by atoms with Crippen molar-refractivity contribution in [3.05, 3.63) is 30.0 Å². The molecule has 0 unspecified atom stereocenters. The summed E-state index contributed by atoms with van der Waals surface area (Å²) in [7, 11) is 2.22. The normalized spacial score (nSPS) is 17.4. The molecule has 1 aliphatic rings. The van der Waals surface area contributed by atoms with Gasteiger partial charge in [0.15, 0.2) is 0 Å². The topological polar surface area (TPSA) is 24.3 Å². The van der Waals surface area contributed by atoms with E-state index in [1.54, 1.807) is 0 Å². The van der Waals surface area contributed by atoms with Crippen LogP contribution < -0.4 is 0 Å². The van der Waals surface area contributed by atoms with E-state index in [1.807, 2.05) is 6.20 Å². The van der Waals surface area contributed by atoms with Crippen molar-refractivity contribution in [1.29, 1.82) is 0 Å². The number of likely N-dealkylation sites (tertiary alicyclic amines) is 1. The number of rotatable bonds is 6. The molecule has 126 valence electrons. The molecule has 0 bridgehead atoms. The van der Waals surface area contributed by atoms with Gasteiger partial charge in [-0.3, -0.25) is 4.68 Å². The third-order valence-electron chi connectivity index (χ3n) is 5.38. The maximum absolute atomic E-state index is 4.62. The predicted molar refractivity (Wildman–Crippen MR) is 97.0 cm³/mol. The maximum atomic E-state index is 4.62. The van der Waals surface area contributed by atoms with E-state index >= 15 is 0 Å². The highest BCUT2D eigenvalue weighted by molar-refractivity contribution is 5.79. The molecule has 0 spiro atoms. The second-order valence-corrected chi connectivity index (χ2v) is 6.79. The van der Waals surface area contributed by atoms with Gasteiger partial charge in [-0.05, 0) is 63.6 Å². The fourth-order valence-electron chi connectivity index (χ4n) is 3.64. The first-order valence-corrected chi connectivity index (χ1v) is 9.07. The quantitative estimate of drug-likeness (QED) is 0.818. The molecular formula is C19H30N4. The van der Waals surface area contributed by atoms with Crippen molar-refractivity contribution in [2.24, 2.45) is 0 Å². The zero-order valence-electron chi connectivity index (χ0n) is 14.8. The van der Waals surface area contributed by atoms with Crippen LogP contribution in [-0.2, 0) is 6.54 Å². The lowest BCUT2D eigenvalue weighted by atomic mass is 9.89. The van der Waals surface area contributed by atoms with Crippen LogP contribution in [0.4, 0.5) is 0 Å². The second-order valence-electron chi connectivity index (χ2n) is 6.79. The van der Waals surface area contributed by atoms with Gasteiger partial charge in [0.25, 0.3) is 0 Å². The van der Waals surface area contributed by atoms with Crippen molar-refractivity contribution < 1.29 is 0 Å². The number of hydrogen-bond donors (Lipinski definition) is 0. The van der Waals surface area contributed by atoms with E-state index in [4.69, 9.17) is 0 Å². The highest BCUT2D eigenvalue weighted by atomic mass is 15.3. The summed E-state index contributed by atoms with van der Waals surface area (Å²) in [5.74, 6) is 0.710. The van der Waals surface area contributed by atoms with Crippen LogP contribution in [0.2, 0.25) is 0 Å². The highest BCUT2D eigenvalue weighted by Gasteiger charge is 2.19.